The summed E-state index contributed by atoms with van der Waals surface area (Å²) in [5.74, 6) is 0. The zero-order valence-electron chi connectivity index (χ0n) is 9.05. The van der Waals surface area contributed by atoms with E-state index in [2.05, 4.69) is 4.98 Å². The van der Waals surface area contributed by atoms with Gasteiger partial charge in [0.05, 0.1) is 19.0 Å². The fraction of sp³-hybridized carbons (Fsp3) is 0.250. The molecular weight excluding hydrogens is 259 g/mol. The van der Waals surface area contributed by atoms with Crippen LogP contribution in [0.25, 0.3) is 0 Å². The summed E-state index contributed by atoms with van der Waals surface area (Å²) in [6, 6.07) is 5.33. The Morgan fingerprint density at radius 1 is 1.35 bits per heavy atom. The number of hydrogen-bond acceptors (Lipinski definition) is 2. The van der Waals surface area contributed by atoms with E-state index in [1.54, 1.807) is 24.7 Å². The minimum absolute atomic E-state index is 0.0370. The van der Waals surface area contributed by atoms with Gasteiger partial charge >= 0.3 is 0 Å². The topological polar surface area (TPSA) is 38.0 Å². The van der Waals surface area contributed by atoms with Gasteiger partial charge in [0.25, 0.3) is 0 Å². The number of halogens is 2. The van der Waals surface area contributed by atoms with Crippen molar-refractivity contribution in [3.8, 4) is 0 Å². The molecule has 5 heteroatoms. The lowest BCUT2D eigenvalue weighted by Gasteiger charge is -2.16. The van der Waals surface area contributed by atoms with Crippen LogP contribution in [0.15, 0.2) is 36.9 Å². The van der Waals surface area contributed by atoms with Crippen molar-refractivity contribution < 1.29 is 5.11 Å². The Labute approximate surface area is 110 Å². The molecule has 17 heavy (non-hydrogen) atoms. The minimum atomic E-state index is -0.0591. The Balaban J connectivity index is 2.19. The molecule has 2 aromatic rings. The van der Waals surface area contributed by atoms with Gasteiger partial charge in [0.1, 0.15) is 0 Å². The van der Waals surface area contributed by atoms with Gasteiger partial charge in [-0.15, -0.1) is 0 Å². The fourth-order valence-corrected chi connectivity index (χ4v) is 2.18. The molecule has 0 saturated heterocycles. The van der Waals surface area contributed by atoms with Crippen LogP contribution in [0.3, 0.4) is 0 Å². The van der Waals surface area contributed by atoms with Gasteiger partial charge < -0.3 is 9.67 Å². The monoisotopic (exact) mass is 270 g/mol. The second-order valence-corrected chi connectivity index (χ2v) is 4.63. The second-order valence-electron chi connectivity index (χ2n) is 3.79. The van der Waals surface area contributed by atoms with Gasteiger partial charge in [0.15, 0.2) is 0 Å². The predicted octanol–water partition coefficient (Wildman–Crippen LogP) is 2.97. The molecule has 1 aromatic heterocycles. The minimum Gasteiger partial charge on any atom is -0.394 e. The van der Waals surface area contributed by atoms with Crippen molar-refractivity contribution >= 4 is 23.2 Å². The van der Waals surface area contributed by atoms with Gasteiger partial charge in [0.2, 0.25) is 0 Å². The van der Waals surface area contributed by atoms with Crippen LogP contribution in [0.2, 0.25) is 10.0 Å². The van der Waals surface area contributed by atoms with Gasteiger partial charge in [-0.1, -0.05) is 29.3 Å². The third-order valence-electron chi connectivity index (χ3n) is 2.63. The molecule has 0 bridgehead atoms. The first-order valence-electron chi connectivity index (χ1n) is 5.23. The smallest absolute Gasteiger partial charge is 0.0949 e. The maximum atomic E-state index is 9.39. The molecule has 2 rings (SSSR count). The number of nitrogens with zero attached hydrogens (tertiary/aromatic N) is 2. The van der Waals surface area contributed by atoms with E-state index in [-0.39, 0.29) is 12.6 Å². The largest absolute Gasteiger partial charge is 0.394 e. The molecule has 0 aliphatic rings. The van der Waals surface area contributed by atoms with Crippen molar-refractivity contribution in [2.24, 2.45) is 0 Å². The van der Waals surface area contributed by atoms with Crippen molar-refractivity contribution in [2.45, 2.75) is 12.5 Å². The highest BCUT2D eigenvalue weighted by Crippen LogP contribution is 2.24. The highest BCUT2D eigenvalue weighted by atomic mass is 35.5. The molecule has 0 spiro atoms. The van der Waals surface area contributed by atoms with E-state index in [0.717, 1.165) is 5.56 Å². The summed E-state index contributed by atoms with van der Waals surface area (Å²) in [5.41, 5.74) is 0.962. The molecule has 90 valence electrons. The van der Waals surface area contributed by atoms with Crippen molar-refractivity contribution in [3.63, 3.8) is 0 Å². The number of rotatable bonds is 4. The van der Waals surface area contributed by atoms with E-state index in [9.17, 15) is 5.11 Å². The van der Waals surface area contributed by atoms with Crippen molar-refractivity contribution in [1.29, 1.82) is 0 Å². The average molecular weight is 271 g/mol. The molecular formula is C12H12Cl2N2O. The Morgan fingerprint density at radius 2 is 2.18 bits per heavy atom. The highest BCUT2D eigenvalue weighted by Gasteiger charge is 2.12. The van der Waals surface area contributed by atoms with E-state index in [4.69, 9.17) is 23.2 Å². The summed E-state index contributed by atoms with van der Waals surface area (Å²) < 4.78 is 1.87. The summed E-state index contributed by atoms with van der Waals surface area (Å²) in [6.07, 6.45) is 5.84. The lowest BCUT2D eigenvalue weighted by Crippen LogP contribution is -2.14. The molecule has 0 aliphatic heterocycles. The number of benzene rings is 1. The van der Waals surface area contributed by atoms with E-state index in [1.807, 2.05) is 16.8 Å². The maximum absolute atomic E-state index is 9.39. The molecule has 0 saturated carbocycles. The molecule has 1 aromatic carbocycles. The van der Waals surface area contributed by atoms with E-state index in [0.29, 0.717) is 16.5 Å². The summed E-state index contributed by atoms with van der Waals surface area (Å²) in [4.78, 5) is 3.97. The SMILES string of the molecule is OCC(Cc1ccc(Cl)cc1Cl)n1ccnc1. The summed E-state index contributed by atoms with van der Waals surface area (Å²) in [6.45, 7) is 0.0370. The summed E-state index contributed by atoms with van der Waals surface area (Å²) in [7, 11) is 0. The van der Waals surface area contributed by atoms with Crippen LogP contribution in [0.4, 0.5) is 0 Å². The Kier molecular flexibility index (Phi) is 4.05. The lowest BCUT2D eigenvalue weighted by atomic mass is 10.1. The first-order valence-corrected chi connectivity index (χ1v) is 5.98. The predicted molar refractivity (Wildman–Crippen MR) is 68.5 cm³/mol. The van der Waals surface area contributed by atoms with Crippen molar-refractivity contribution in [1.82, 2.24) is 9.55 Å². The van der Waals surface area contributed by atoms with E-state index in [1.165, 1.54) is 0 Å². The number of aliphatic hydroxyl groups excluding tert-OH is 1. The van der Waals surface area contributed by atoms with Crippen LogP contribution < -0.4 is 0 Å². The molecule has 1 heterocycles. The molecule has 1 unspecified atom stereocenters. The van der Waals surface area contributed by atoms with Gasteiger partial charge in [-0.2, -0.15) is 0 Å². The molecule has 1 N–H and O–H groups in total. The van der Waals surface area contributed by atoms with Crippen molar-refractivity contribution in [3.05, 3.63) is 52.5 Å². The quantitative estimate of drug-likeness (QED) is 0.928. The van der Waals surface area contributed by atoms with Crippen LogP contribution in [-0.2, 0) is 6.42 Å². The Hall–Kier alpha value is -1.03. The Morgan fingerprint density at radius 3 is 2.76 bits per heavy atom. The standard InChI is InChI=1S/C12H12Cl2N2O/c13-10-2-1-9(12(14)6-10)5-11(7-17)16-4-3-15-8-16/h1-4,6,8,11,17H,5,7H2. The van der Waals surface area contributed by atoms with E-state index >= 15 is 0 Å². The van der Waals surface area contributed by atoms with Gasteiger partial charge in [-0.25, -0.2) is 4.98 Å². The van der Waals surface area contributed by atoms with Crippen LogP contribution >= 0.6 is 23.2 Å². The van der Waals surface area contributed by atoms with Crippen molar-refractivity contribution in [2.75, 3.05) is 6.61 Å². The maximum Gasteiger partial charge on any atom is 0.0949 e. The fourth-order valence-electron chi connectivity index (χ4n) is 1.69. The number of hydrogen-bond donors (Lipinski definition) is 1. The van der Waals surface area contributed by atoms with Crippen LogP contribution in [0.5, 0.6) is 0 Å². The number of aliphatic hydroxyl groups is 1. The van der Waals surface area contributed by atoms with Gasteiger partial charge in [-0.3, -0.25) is 0 Å². The third-order valence-corrected chi connectivity index (χ3v) is 3.21. The molecule has 1 atom stereocenters. The third kappa shape index (κ3) is 3.00. The molecule has 0 aliphatic carbocycles. The van der Waals surface area contributed by atoms with Gasteiger partial charge in [-0.05, 0) is 24.1 Å². The number of imidazole rings is 1. The summed E-state index contributed by atoms with van der Waals surface area (Å²) >= 11 is 11.9. The normalized spacial score (nSPS) is 12.6. The highest BCUT2D eigenvalue weighted by molar-refractivity contribution is 6.35. The zero-order valence-corrected chi connectivity index (χ0v) is 10.6. The van der Waals surface area contributed by atoms with E-state index < -0.39 is 0 Å². The number of aromatic nitrogens is 2. The molecule has 0 amide bonds. The molecule has 0 fully saturated rings. The molecule has 0 radical (unpaired) electrons. The van der Waals surface area contributed by atoms with Crippen LogP contribution in [0.1, 0.15) is 11.6 Å². The van der Waals surface area contributed by atoms with Crippen LogP contribution in [0, 0.1) is 0 Å². The zero-order chi connectivity index (χ0) is 12.3. The molecule has 3 nitrogen and oxygen atoms in total. The van der Waals surface area contributed by atoms with Gasteiger partial charge in [0, 0.05) is 22.4 Å². The average Bonchev–Trinajstić information content (AvgIpc) is 2.81. The van der Waals surface area contributed by atoms with Crippen LogP contribution in [-0.4, -0.2) is 21.3 Å². The Bertz CT molecular complexity index is 485. The second kappa shape index (κ2) is 5.54. The summed E-state index contributed by atoms with van der Waals surface area (Å²) in [5, 5.41) is 10.6. The lowest BCUT2D eigenvalue weighted by molar-refractivity contribution is 0.227. The first kappa shape index (κ1) is 12.4. The first-order chi connectivity index (χ1) is 8.20.